The Balaban J connectivity index is 1.84. The standard InChI is InChI=1S/C17H29NO6/c1-4-23-13-11-17(15(20)21,16(13,2)3)18-14(19)7-10-24-12-5-8-22-9-6-12/h12-13H,4-11H2,1-3H3,(H,18,19)(H,20,21). The maximum absolute atomic E-state index is 12.2. The van der Waals surface area contributed by atoms with E-state index in [2.05, 4.69) is 5.32 Å². The van der Waals surface area contributed by atoms with Crippen molar-refractivity contribution in [2.24, 2.45) is 5.41 Å². The molecule has 0 aromatic rings. The molecule has 0 bridgehead atoms. The number of amides is 1. The molecular formula is C17H29NO6. The molecule has 1 heterocycles. The highest BCUT2D eigenvalue weighted by Crippen LogP contribution is 2.51. The van der Waals surface area contributed by atoms with E-state index in [4.69, 9.17) is 14.2 Å². The minimum Gasteiger partial charge on any atom is -0.479 e. The zero-order chi connectivity index (χ0) is 17.8. The third kappa shape index (κ3) is 3.73. The summed E-state index contributed by atoms with van der Waals surface area (Å²) in [5, 5.41) is 12.4. The van der Waals surface area contributed by atoms with Gasteiger partial charge in [0, 0.05) is 38.1 Å². The molecule has 7 heteroatoms. The summed E-state index contributed by atoms with van der Waals surface area (Å²) < 4.78 is 16.5. The first-order valence-electron chi connectivity index (χ1n) is 8.69. The second-order valence-corrected chi connectivity index (χ2v) is 7.06. The van der Waals surface area contributed by atoms with Gasteiger partial charge in [-0.25, -0.2) is 4.79 Å². The number of hydrogen-bond donors (Lipinski definition) is 2. The maximum atomic E-state index is 12.2. The van der Waals surface area contributed by atoms with Crippen molar-refractivity contribution in [1.82, 2.24) is 5.32 Å². The maximum Gasteiger partial charge on any atom is 0.330 e. The molecule has 1 aliphatic heterocycles. The molecular weight excluding hydrogens is 314 g/mol. The number of carboxylic acids is 1. The van der Waals surface area contributed by atoms with Crippen molar-refractivity contribution < 1.29 is 28.9 Å². The molecule has 2 aliphatic rings. The molecule has 2 atom stereocenters. The van der Waals surface area contributed by atoms with Gasteiger partial charge in [-0.1, -0.05) is 13.8 Å². The summed E-state index contributed by atoms with van der Waals surface area (Å²) in [6, 6.07) is 0. The number of carboxylic acid groups (broad SMARTS) is 1. The lowest BCUT2D eigenvalue weighted by molar-refractivity contribution is -0.194. The van der Waals surface area contributed by atoms with Crippen LogP contribution in [0.5, 0.6) is 0 Å². The zero-order valence-corrected chi connectivity index (χ0v) is 14.8. The summed E-state index contributed by atoms with van der Waals surface area (Å²) in [5.41, 5.74) is -1.94. The Morgan fingerprint density at radius 2 is 1.92 bits per heavy atom. The zero-order valence-electron chi connectivity index (χ0n) is 14.8. The lowest BCUT2D eigenvalue weighted by Gasteiger charge is -2.58. The highest BCUT2D eigenvalue weighted by Gasteiger charge is 2.66. The summed E-state index contributed by atoms with van der Waals surface area (Å²) in [5.74, 6) is -1.31. The molecule has 0 aromatic carbocycles. The van der Waals surface area contributed by atoms with Gasteiger partial charge in [0.15, 0.2) is 0 Å². The molecule has 0 radical (unpaired) electrons. The molecule has 138 valence electrons. The van der Waals surface area contributed by atoms with E-state index in [1.807, 2.05) is 20.8 Å². The van der Waals surface area contributed by atoms with Crippen LogP contribution < -0.4 is 5.32 Å². The molecule has 2 unspecified atom stereocenters. The van der Waals surface area contributed by atoms with Crippen molar-refractivity contribution in [3.63, 3.8) is 0 Å². The number of carbonyl (C=O) groups excluding carboxylic acids is 1. The Kier molecular flexibility index (Phi) is 6.22. The molecule has 0 aromatic heterocycles. The van der Waals surface area contributed by atoms with Gasteiger partial charge in [-0.3, -0.25) is 4.79 Å². The van der Waals surface area contributed by atoms with E-state index in [1.54, 1.807) is 0 Å². The number of hydrogen-bond acceptors (Lipinski definition) is 5. The Hall–Kier alpha value is -1.18. The first-order valence-corrected chi connectivity index (χ1v) is 8.69. The highest BCUT2D eigenvalue weighted by atomic mass is 16.5. The summed E-state index contributed by atoms with van der Waals surface area (Å²) in [6.45, 7) is 7.72. The van der Waals surface area contributed by atoms with Crippen LogP contribution >= 0.6 is 0 Å². The van der Waals surface area contributed by atoms with Gasteiger partial charge in [-0.2, -0.15) is 0 Å². The molecule has 2 rings (SSSR count). The van der Waals surface area contributed by atoms with Crippen LogP contribution in [-0.2, 0) is 23.8 Å². The van der Waals surface area contributed by atoms with Crippen LogP contribution in [0.4, 0.5) is 0 Å². The van der Waals surface area contributed by atoms with Crippen LogP contribution in [0.2, 0.25) is 0 Å². The van der Waals surface area contributed by atoms with E-state index in [-0.39, 0.29) is 31.0 Å². The normalized spacial score (nSPS) is 29.7. The van der Waals surface area contributed by atoms with Crippen molar-refractivity contribution in [2.75, 3.05) is 26.4 Å². The molecule has 2 fully saturated rings. The second-order valence-electron chi connectivity index (χ2n) is 7.06. The largest absolute Gasteiger partial charge is 0.479 e. The van der Waals surface area contributed by atoms with Crippen LogP contribution in [0.25, 0.3) is 0 Å². The summed E-state index contributed by atoms with van der Waals surface area (Å²) in [4.78, 5) is 24.0. The Morgan fingerprint density at radius 1 is 1.25 bits per heavy atom. The molecule has 7 nitrogen and oxygen atoms in total. The Bertz CT molecular complexity index is 460. The van der Waals surface area contributed by atoms with Crippen molar-refractivity contribution in [3.05, 3.63) is 0 Å². The van der Waals surface area contributed by atoms with Gasteiger partial charge < -0.3 is 24.6 Å². The fourth-order valence-corrected chi connectivity index (χ4v) is 3.50. The van der Waals surface area contributed by atoms with Gasteiger partial charge in [0.25, 0.3) is 0 Å². The number of nitrogens with one attached hydrogen (secondary N) is 1. The lowest BCUT2D eigenvalue weighted by Crippen LogP contribution is -2.76. The average Bonchev–Trinajstić information content (AvgIpc) is 2.54. The topological polar surface area (TPSA) is 94.1 Å². The summed E-state index contributed by atoms with van der Waals surface area (Å²) >= 11 is 0. The molecule has 2 N–H and O–H groups in total. The van der Waals surface area contributed by atoms with E-state index < -0.39 is 16.9 Å². The highest BCUT2D eigenvalue weighted by molar-refractivity contribution is 5.89. The van der Waals surface area contributed by atoms with Crippen LogP contribution in [0.3, 0.4) is 0 Å². The Morgan fingerprint density at radius 3 is 2.46 bits per heavy atom. The average molecular weight is 343 g/mol. The van der Waals surface area contributed by atoms with Gasteiger partial charge in [0.2, 0.25) is 5.91 Å². The Labute approximate surface area is 143 Å². The van der Waals surface area contributed by atoms with Crippen LogP contribution in [0.15, 0.2) is 0 Å². The number of ether oxygens (including phenoxy) is 3. The molecule has 1 saturated carbocycles. The molecule has 24 heavy (non-hydrogen) atoms. The SMILES string of the molecule is CCOC1CC(NC(=O)CCOC2CCOCC2)(C(=O)O)C1(C)C. The van der Waals surface area contributed by atoms with Gasteiger partial charge in [-0.05, 0) is 19.8 Å². The molecule has 1 aliphatic carbocycles. The predicted molar refractivity (Wildman–Crippen MR) is 86.7 cm³/mol. The van der Waals surface area contributed by atoms with E-state index in [1.165, 1.54) is 0 Å². The van der Waals surface area contributed by atoms with E-state index in [0.717, 1.165) is 12.8 Å². The van der Waals surface area contributed by atoms with E-state index >= 15 is 0 Å². The molecule has 1 amide bonds. The molecule has 0 spiro atoms. The fraction of sp³-hybridized carbons (Fsp3) is 0.882. The second kappa shape index (κ2) is 7.80. The van der Waals surface area contributed by atoms with Crippen molar-refractivity contribution in [3.8, 4) is 0 Å². The lowest BCUT2D eigenvalue weighted by atomic mass is 9.54. The van der Waals surface area contributed by atoms with Crippen molar-refractivity contribution >= 4 is 11.9 Å². The smallest absolute Gasteiger partial charge is 0.330 e. The van der Waals surface area contributed by atoms with E-state index in [9.17, 15) is 14.7 Å². The van der Waals surface area contributed by atoms with Gasteiger partial charge in [0.1, 0.15) is 5.54 Å². The van der Waals surface area contributed by atoms with Crippen molar-refractivity contribution in [1.29, 1.82) is 0 Å². The number of rotatable bonds is 8. The van der Waals surface area contributed by atoms with Crippen molar-refractivity contribution in [2.45, 2.75) is 64.2 Å². The van der Waals surface area contributed by atoms with Crippen LogP contribution in [-0.4, -0.2) is 61.2 Å². The third-order valence-electron chi connectivity index (χ3n) is 5.33. The van der Waals surface area contributed by atoms with Gasteiger partial charge >= 0.3 is 5.97 Å². The van der Waals surface area contributed by atoms with Crippen LogP contribution in [0, 0.1) is 5.41 Å². The minimum atomic E-state index is -1.28. The van der Waals surface area contributed by atoms with Gasteiger partial charge in [0.05, 0.1) is 18.8 Å². The van der Waals surface area contributed by atoms with Gasteiger partial charge in [-0.15, -0.1) is 0 Å². The first kappa shape index (κ1) is 19.1. The third-order valence-corrected chi connectivity index (χ3v) is 5.33. The predicted octanol–water partition coefficient (Wildman–Crippen LogP) is 1.35. The number of aliphatic carboxylic acids is 1. The monoisotopic (exact) mass is 343 g/mol. The minimum absolute atomic E-state index is 0.127. The quantitative estimate of drug-likeness (QED) is 0.691. The number of carbonyl (C=O) groups is 2. The first-order chi connectivity index (χ1) is 11.3. The summed E-state index contributed by atoms with van der Waals surface area (Å²) in [6.07, 6.45) is 2.07. The summed E-state index contributed by atoms with van der Waals surface area (Å²) in [7, 11) is 0. The fourth-order valence-electron chi connectivity index (χ4n) is 3.50. The van der Waals surface area contributed by atoms with E-state index in [0.29, 0.717) is 26.4 Å². The molecule has 1 saturated heterocycles. The van der Waals surface area contributed by atoms with Crippen LogP contribution in [0.1, 0.15) is 46.5 Å².